The van der Waals surface area contributed by atoms with E-state index in [1.165, 1.54) is 11.8 Å². The molecule has 0 radical (unpaired) electrons. The number of halogens is 1. The zero-order chi connectivity index (χ0) is 12.8. The Morgan fingerprint density at radius 2 is 1.76 bits per heavy atom. The van der Waals surface area contributed by atoms with Crippen molar-refractivity contribution in [3.05, 3.63) is 0 Å². The van der Waals surface area contributed by atoms with Crippen LogP contribution in [0.1, 0.15) is 33.6 Å². The summed E-state index contributed by atoms with van der Waals surface area (Å²) >= 11 is 0. The van der Waals surface area contributed by atoms with Crippen LogP contribution in [0.15, 0.2) is 0 Å². The van der Waals surface area contributed by atoms with Crippen LogP contribution in [0.3, 0.4) is 0 Å². The van der Waals surface area contributed by atoms with Crippen LogP contribution in [-0.4, -0.2) is 42.4 Å². The van der Waals surface area contributed by atoms with Gasteiger partial charge in [-0.2, -0.15) is 0 Å². The summed E-state index contributed by atoms with van der Waals surface area (Å²) in [5.41, 5.74) is 5.33. The van der Waals surface area contributed by atoms with E-state index in [4.69, 9.17) is 5.73 Å². The van der Waals surface area contributed by atoms with Gasteiger partial charge in [-0.15, -0.1) is 12.4 Å². The lowest BCUT2D eigenvalue weighted by atomic mass is 9.93. The first kappa shape index (κ1) is 18.6. The van der Waals surface area contributed by atoms with Crippen LogP contribution in [0.5, 0.6) is 0 Å². The van der Waals surface area contributed by atoms with Crippen LogP contribution in [-0.2, 0) is 9.59 Å². The molecule has 0 unspecified atom stereocenters. The Labute approximate surface area is 110 Å². The normalized spacial score (nSPS) is 10.4. The first-order valence-corrected chi connectivity index (χ1v) is 5.63. The molecule has 6 heteroatoms. The van der Waals surface area contributed by atoms with E-state index in [1.54, 1.807) is 7.05 Å². The standard InChI is InChI=1S/C11H23N3O2.ClH/c1-5-11(6-2,8-12)13-10(16)7-14(4)9(3)15;/h5-8,12H2,1-4H3,(H,13,16);1H. The molecule has 0 bridgehead atoms. The fourth-order valence-electron chi connectivity index (χ4n) is 1.43. The maximum Gasteiger partial charge on any atom is 0.240 e. The van der Waals surface area contributed by atoms with Gasteiger partial charge < -0.3 is 16.0 Å². The molecule has 0 aliphatic carbocycles. The van der Waals surface area contributed by atoms with Crippen LogP contribution in [0, 0.1) is 0 Å². The molecule has 2 amide bonds. The van der Waals surface area contributed by atoms with Gasteiger partial charge in [-0.05, 0) is 12.8 Å². The molecule has 0 saturated carbocycles. The number of likely N-dealkylation sites (N-methyl/N-ethyl adjacent to an activating group) is 1. The lowest BCUT2D eigenvalue weighted by molar-refractivity contribution is -0.133. The van der Waals surface area contributed by atoms with Gasteiger partial charge in [0.15, 0.2) is 0 Å². The Bertz CT molecular complexity index is 247. The molecule has 0 aromatic rings. The Morgan fingerprint density at radius 1 is 1.29 bits per heavy atom. The third-order valence-electron chi connectivity index (χ3n) is 3.07. The summed E-state index contributed by atoms with van der Waals surface area (Å²) in [6, 6.07) is 0. The minimum absolute atomic E-state index is 0. The van der Waals surface area contributed by atoms with Gasteiger partial charge in [0.05, 0.1) is 12.1 Å². The van der Waals surface area contributed by atoms with E-state index in [-0.39, 0.29) is 36.3 Å². The van der Waals surface area contributed by atoms with Crippen molar-refractivity contribution >= 4 is 24.2 Å². The minimum Gasteiger partial charge on any atom is -0.348 e. The van der Waals surface area contributed by atoms with Gasteiger partial charge in [-0.1, -0.05) is 13.8 Å². The third-order valence-corrected chi connectivity index (χ3v) is 3.07. The van der Waals surface area contributed by atoms with Crippen molar-refractivity contribution in [1.29, 1.82) is 0 Å². The van der Waals surface area contributed by atoms with E-state index < -0.39 is 0 Å². The van der Waals surface area contributed by atoms with Crippen LogP contribution in [0.2, 0.25) is 0 Å². The predicted molar refractivity (Wildman–Crippen MR) is 71.1 cm³/mol. The van der Waals surface area contributed by atoms with Crippen LogP contribution >= 0.6 is 12.4 Å². The Hall–Kier alpha value is -0.810. The van der Waals surface area contributed by atoms with Gasteiger partial charge in [0.25, 0.3) is 0 Å². The number of rotatable bonds is 6. The number of carbonyl (C=O) groups excluding carboxylic acids is 2. The van der Waals surface area contributed by atoms with E-state index >= 15 is 0 Å². The monoisotopic (exact) mass is 265 g/mol. The maximum absolute atomic E-state index is 11.7. The molecule has 0 atom stereocenters. The van der Waals surface area contributed by atoms with Crippen LogP contribution in [0.25, 0.3) is 0 Å². The van der Waals surface area contributed by atoms with E-state index in [9.17, 15) is 9.59 Å². The lowest BCUT2D eigenvalue weighted by Crippen LogP contribution is -2.55. The number of hydrogen-bond acceptors (Lipinski definition) is 3. The van der Waals surface area contributed by atoms with Crippen molar-refractivity contribution in [2.24, 2.45) is 5.73 Å². The van der Waals surface area contributed by atoms with Crippen molar-refractivity contribution in [2.75, 3.05) is 20.1 Å². The summed E-state index contributed by atoms with van der Waals surface area (Å²) < 4.78 is 0. The summed E-state index contributed by atoms with van der Waals surface area (Å²) in [5, 5.41) is 2.91. The molecule has 0 fully saturated rings. The summed E-state index contributed by atoms with van der Waals surface area (Å²) in [7, 11) is 1.60. The average molecular weight is 266 g/mol. The quantitative estimate of drug-likeness (QED) is 0.735. The maximum atomic E-state index is 11.7. The Balaban J connectivity index is 0. The highest BCUT2D eigenvalue weighted by Gasteiger charge is 2.26. The second-order valence-electron chi connectivity index (χ2n) is 4.11. The predicted octanol–water partition coefficient (Wildman–Crippen LogP) is 0.520. The molecule has 0 aromatic heterocycles. The van der Waals surface area contributed by atoms with Gasteiger partial charge in [0.2, 0.25) is 11.8 Å². The van der Waals surface area contributed by atoms with Gasteiger partial charge in [-0.25, -0.2) is 0 Å². The van der Waals surface area contributed by atoms with Crippen molar-refractivity contribution in [2.45, 2.75) is 39.2 Å². The summed E-state index contributed by atoms with van der Waals surface area (Å²) in [6.07, 6.45) is 1.57. The minimum atomic E-state index is -0.339. The molecular formula is C11H24ClN3O2. The smallest absolute Gasteiger partial charge is 0.240 e. The van der Waals surface area contributed by atoms with E-state index in [0.29, 0.717) is 6.54 Å². The highest BCUT2D eigenvalue weighted by Crippen LogP contribution is 2.12. The van der Waals surface area contributed by atoms with E-state index in [1.807, 2.05) is 13.8 Å². The van der Waals surface area contributed by atoms with Crippen LogP contribution < -0.4 is 11.1 Å². The highest BCUT2D eigenvalue weighted by atomic mass is 35.5. The third kappa shape index (κ3) is 5.89. The molecular weight excluding hydrogens is 242 g/mol. The molecule has 0 aliphatic rings. The van der Waals surface area contributed by atoms with Gasteiger partial charge in [-0.3, -0.25) is 9.59 Å². The fraction of sp³-hybridized carbons (Fsp3) is 0.818. The van der Waals surface area contributed by atoms with Crippen molar-refractivity contribution in [3.8, 4) is 0 Å². The van der Waals surface area contributed by atoms with Gasteiger partial charge in [0.1, 0.15) is 0 Å². The molecule has 17 heavy (non-hydrogen) atoms. The van der Waals surface area contributed by atoms with Crippen molar-refractivity contribution in [3.63, 3.8) is 0 Å². The number of nitrogens with zero attached hydrogens (tertiary/aromatic N) is 1. The van der Waals surface area contributed by atoms with Crippen molar-refractivity contribution in [1.82, 2.24) is 10.2 Å². The zero-order valence-electron chi connectivity index (χ0n) is 11.1. The molecule has 102 valence electrons. The zero-order valence-corrected chi connectivity index (χ0v) is 11.9. The molecule has 0 spiro atoms. The topological polar surface area (TPSA) is 75.4 Å². The van der Waals surface area contributed by atoms with Gasteiger partial charge in [0, 0.05) is 20.5 Å². The number of nitrogens with one attached hydrogen (secondary N) is 1. The van der Waals surface area contributed by atoms with Crippen molar-refractivity contribution < 1.29 is 9.59 Å². The molecule has 0 aliphatic heterocycles. The highest BCUT2D eigenvalue weighted by molar-refractivity contribution is 5.85. The Kier molecular flexibility index (Phi) is 9.06. The number of nitrogens with two attached hydrogens (primary N) is 1. The second-order valence-corrected chi connectivity index (χ2v) is 4.11. The average Bonchev–Trinajstić information content (AvgIpc) is 2.26. The molecule has 3 N–H and O–H groups in total. The summed E-state index contributed by atoms with van der Waals surface area (Å²) in [5.74, 6) is -0.284. The first-order chi connectivity index (χ1) is 7.40. The molecule has 0 saturated heterocycles. The number of carbonyl (C=O) groups is 2. The first-order valence-electron chi connectivity index (χ1n) is 5.63. The molecule has 0 heterocycles. The van der Waals surface area contributed by atoms with Crippen LogP contribution in [0.4, 0.5) is 0 Å². The fourth-order valence-corrected chi connectivity index (χ4v) is 1.43. The molecule has 0 aromatic carbocycles. The number of amides is 2. The van der Waals surface area contributed by atoms with E-state index in [0.717, 1.165) is 12.8 Å². The Morgan fingerprint density at radius 3 is 2.06 bits per heavy atom. The molecule has 0 rings (SSSR count). The summed E-state index contributed by atoms with van der Waals surface area (Å²) in [6.45, 7) is 5.91. The van der Waals surface area contributed by atoms with Gasteiger partial charge >= 0.3 is 0 Å². The lowest BCUT2D eigenvalue weighted by Gasteiger charge is -2.32. The molecule has 5 nitrogen and oxygen atoms in total. The van der Waals surface area contributed by atoms with E-state index in [2.05, 4.69) is 5.32 Å². The summed E-state index contributed by atoms with van der Waals surface area (Å²) in [4.78, 5) is 24.0. The second kappa shape index (κ2) is 8.31. The number of hydrogen-bond donors (Lipinski definition) is 2. The SMILES string of the molecule is CCC(CC)(CN)NC(=O)CN(C)C(C)=O.Cl. The largest absolute Gasteiger partial charge is 0.348 e.